The molecule has 1 N–H and O–H groups in total. The Labute approximate surface area is 130 Å². The summed E-state index contributed by atoms with van der Waals surface area (Å²) in [4.78, 5) is 24.8. The van der Waals surface area contributed by atoms with Crippen LogP contribution in [0, 0.1) is 0 Å². The van der Waals surface area contributed by atoms with E-state index in [1.54, 1.807) is 30.3 Å². The lowest BCUT2D eigenvalue weighted by Gasteiger charge is -2.16. The molecule has 0 saturated heterocycles. The second kappa shape index (κ2) is 9.33. The SMILES string of the molecule is C=CCOc1ccc(C=NNC(=O)C(=O)N(CC)CC)cc1. The third kappa shape index (κ3) is 5.40. The second-order valence-corrected chi connectivity index (χ2v) is 4.35. The highest BCUT2D eigenvalue weighted by molar-refractivity contribution is 6.34. The summed E-state index contributed by atoms with van der Waals surface area (Å²) in [6.45, 7) is 8.61. The monoisotopic (exact) mass is 303 g/mol. The first-order valence-corrected chi connectivity index (χ1v) is 7.08. The lowest BCUT2D eigenvalue weighted by atomic mass is 10.2. The number of nitrogens with zero attached hydrogens (tertiary/aromatic N) is 2. The van der Waals surface area contributed by atoms with Crippen molar-refractivity contribution in [2.45, 2.75) is 13.8 Å². The zero-order valence-corrected chi connectivity index (χ0v) is 12.9. The molecule has 0 aliphatic carbocycles. The van der Waals surface area contributed by atoms with Gasteiger partial charge in [-0.05, 0) is 43.7 Å². The van der Waals surface area contributed by atoms with Crippen molar-refractivity contribution in [3.63, 3.8) is 0 Å². The molecular formula is C16H21N3O3. The molecule has 0 saturated carbocycles. The van der Waals surface area contributed by atoms with Crippen molar-refractivity contribution in [1.82, 2.24) is 10.3 Å². The van der Waals surface area contributed by atoms with Gasteiger partial charge in [0.05, 0.1) is 6.21 Å². The standard InChI is InChI=1S/C16H21N3O3/c1-4-11-22-14-9-7-13(8-10-14)12-17-18-15(20)16(21)19(5-2)6-3/h4,7-10,12H,1,5-6,11H2,2-3H3,(H,18,20). The number of hydrogen-bond donors (Lipinski definition) is 1. The molecular weight excluding hydrogens is 282 g/mol. The van der Waals surface area contributed by atoms with Gasteiger partial charge in [-0.3, -0.25) is 9.59 Å². The van der Waals surface area contributed by atoms with Gasteiger partial charge in [0.25, 0.3) is 0 Å². The highest BCUT2D eigenvalue weighted by atomic mass is 16.5. The van der Waals surface area contributed by atoms with Gasteiger partial charge in [-0.25, -0.2) is 5.43 Å². The van der Waals surface area contributed by atoms with Crippen molar-refractivity contribution in [2.24, 2.45) is 5.10 Å². The van der Waals surface area contributed by atoms with E-state index in [2.05, 4.69) is 17.1 Å². The number of ether oxygens (including phenoxy) is 1. The maximum atomic E-state index is 11.7. The summed E-state index contributed by atoms with van der Waals surface area (Å²) in [6.07, 6.45) is 3.13. The molecule has 0 aliphatic rings. The van der Waals surface area contributed by atoms with Crippen molar-refractivity contribution in [2.75, 3.05) is 19.7 Å². The highest BCUT2D eigenvalue weighted by Crippen LogP contribution is 2.10. The molecule has 0 fully saturated rings. The quantitative estimate of drug-likeness (QED) is 0.360. The molecule has 22 heavy (non-hydrogen) atoms. The van der Waals surface area contributed by atoms with E-state index in [4.69, 9.17) is 4.74 Å². The van der Waals surface area contributed by atoms with Gasteiger partial charge in [-0.15, -0.1) is 0 Å². The fourth-order valence-electron chi connectivity index (χ4n) is 1.67. The van der Waals surface area contributed by atoms with Gasteiger partial charge in [0.15, 0.2) is 0 Å². The van der Waals surface area contributed by atoms with E-state index < -0.39 is 11.8 Å². The Morgan fingerprint density at radius 1 is 1.27 bits per heavy atom. The third-order valence-corrected chi connectivity index (χ3v) is 2.87. The number of hydrogen-bond acceptors (Lipinski definition) is 4. The van der Waals surface area contributed by atoms with Crippen molar-refractivity contribution in [3.8, 4) is 5.75 Å². The first kappa shape index (κ1) is 17.4. The van der Waals surface area contributed by atoms with Crippen LogP contribution in [0.1, 0.15) is 19.4 Å². The van der Waals surface area contributed by atoms with E-state index in [0.717, 1.165) is 11.3 Å². The molecule has 0 unspecified atom stereocenters. The molecule has 0 heterocycles. The van der Waals surface area contributed by atoms with Crippen LogP contribution in [-0.4, -0.2) is 42.6 Å². The van der Waals surface area contributed by atoms with Crippen LogP contribution in [0.25, 0.3) is 0 Å². The molecule has 0 radical (unpaired) electrons. The fourth-order valence-corrected chi connectivity index (χ4v) is 1.67. The molecule has 1 aromatic carbocycles. The number of benzene rings is 1. The number of carbonyl (C=O) groups excluding carboxylic acids is 2. The van der Waals surface area contributed by atoms with Gasteiger partial charge >= 0.3 is 11.8 Å². The van der Waals surface area contributed by atoms with Crippen molar-refractivity contribution < 1.29 is 14.3 Å². The summed E-state index contributed by atoms with van der Waals surface area (Å²) in [5.74, 6) is -0.612. The Kier molecular flexibility index (Phi) is 7.39. The van der Waals surface area contributed by atoms with E-state index >= 15 is 0 Å². The van der Waals surface area contributed by atoms with E-state index in [-0.39, 0.29) is 0 Å². The molecule has 1 aromatic rings. The van der Waals surface area contributed by atoms with Crippen LogP contribution in [0.5, 0.6) is 5.75 Å². The van der Waals surface area contributed by atoms with Crippen molar-refractivity contribution in [3.05, 3.63) is 42.5 Å². The minimum Gasteiger partial charge on any atom is -0.490 e. The van der Waals surface area contributed by atoms with E-state index in [0.29, 0.717) is 19.7 Å². The van der Waals surface area contributed by atoms with Crippen LogP contribution in [0.3, 0.4) is 0 Å². The van der Waals surface area contributed by atoms with Crippen LogP contribution in [0.15, 0.2) is 42.0 Å². The molecule has 2 amide bonds. The van der Waals surface area contributed by atoms with E-state index in [1.807, 2.05) is 13.8 Å². The summed E-state index contributed by atoms with van der Waals surface area (Å²) in [7, 11) is 0. The maximum absolute atomic E-state index is 11.7. The number of rotatable bonds is 7. The predicted octanol–water partition coefficient (Wildman–Crippen LogP) is 1.57. The maximum Gasteiger partial charge on any atom is 0.329 e. The average Bonchev–Trinajstić information content (AvgIpc) is 2.55. The summed E-state index contributed by atoms with van der Waals surface area (Å²) in [5.41, 5.74) is 3.00. The Hall–Kier alpha value is -2.63. The Bertz CT molecular complexity index is 534. The largest absolute Gasteiger partial charge is 0.490 e. The van der Waals surface area contributed by atoms with Crippen LogP contribution in [-0.2, 0) is 9.59 Å². The van der Waals surface area contributed by atoms with Gasteiger partial charge in [0.1, 0.15) is 12.4 Å². The van der Waals surface area contributed by atoms with Gasteiger partial charge in [-0.1, -0.05) is 12.7 Å². The van der Waals surface area contributed by atoms with Crippen LogP contribution < -0.4 is 10.2 Å². The Morgan fingerprint density at radius 3 is 2.45 bits per heavy atom. The number of likely N-dealkylation sites (N-methyl/N-ethyl adjacent to an activating group) is 1. The fraction of sp³-hybridized carbons (Fsp3) is 0.312. The number of nitrogens with one attached hydrogen (secondary N) is 1. The molecule has 0 atom stereocenters. The minimum atomic E-state index is -0.745. The summed E-state index contributed by atoms with van der Waals surface area (Å²) < 4.78 is 5.35. The molecule has 0 spiro atoms. The minimum absolute atomic E-state index is 0.441. The normalized spacial score (nSPS) is 10.3. The number of hydrazone groups is 1. The molecule has 0 bridgehead atoms. The first-order chi connectivity index (χ1) is 10.6. The molecule has 6 nitrogen and oxygen atoms in total. The van der Waals surface area contributed by atoms with Crippen LogP contribution >= 0.6 is 0 Å². The van der Waals surface area contributed by atoms with Gasteiger partial charge in [-0.2, -0.15) is 5.10 Å². The van der Waals surface area contributed by atoms with Gasteiger partial charge in [0, 0.05) is 13.1 Å². The predicted molar refractivity (Wildman–Crippen MR) is 85.8 cm³/mol. The first-order valence-electron chi connectivity index (χ1n) is 7.08. The second-order valence-electron chi connectivity index (χ2n) is 4.35. The van der Waals surface area contributed by atoms with Gasteiger partial charge < -0.3 is 9.64 Å². The van der Waals surface area contributed by atoms with Crippen molar-refractivity contribution >= 4 is 18.0 Å². The highest BCUT2D eigenvalue weighted by Gasteiger charge is 2.18. The average molecular weight is 303 g/mol. The summed E-state index contributed by atoms with van der Waals surface area (Å²) in [5, 5.41) is 3.78. The number of carbonyl (C=O) groups is 2. The molecule has 118 valence electrons. The number of amides is 2. The Balaban J connectivity index is 2.53. The van der Waals surface area contributed by atoms with E-state index in [9.17, 15) is 9.59 Å². The van der Waals surface area contributed by atoms with E-state index in [1.165, 1.54) is 11.1 Å². The topological polar surface area (TPSA) is 71.0 Å². The molecule has 0 aliphatic heterocycles. The zero-order valence-electron chi connectivity index (χ0n) is 12.9. The van der Waals surface area contributed by atoms with Crippen LogP contribution in [0.2, 0.25) is 0 Å². The third-order valence-electron chi connectivity index (χ3n) is 2.87. The lowest BCUT2D eigenvalue weighted by molar-refractivity contribution is -0.145. The zero-order chi connectivity index (χ0) is 16.4. The molecule has 1 rings (SSSR count). The summed E-state index contributed by atoms with van der Waals surface area (Å²) >= 11 is 0. The Morgan fingerprint density at radius 2 is 1.91 bits per heavy atom. The lowest BCUT2D eigenvalue weighted by Crippen LogP contribution is -2.41. The van der Waals surface area contributed by atoms with Crippen molar-refractivity contribution in [1.29, 1.82) is 0 Å². The smallest absolute Gasteiger partial charge is 0.329 e. The van der Waals surface area contributed by atoms with Gasteiger partial charge in [0.2, 0.25) is 0 Å². The molecule has 6 heteroatoms. The molecule has 0 aromatic heterocycles. The van der Waals surface area contributed by atoms with Crippen LogP contribution in [0.4, 0.5) is 0 Å². The summed E-state index contributed by atoms with van der Waals surface area (Å²) in [6, 6.07) is 7.15.